The summed E-state index contributed by atoms with van der Waals surface area (Å²) in [6.07, 6.45) is 1.53. The summed E-state index contributed by atoms with van der Waals surface area (Å²) in [6, 6.07) is 25.5. The zero-order valence-corrected chi connectivity index (χ0v) is 24.8. The number of fused-ring (bicyclic) bond motifs is 2. The Balaban J connectivity index is 1.41. The quantitative estimate of drug-likeness (QED) is 0.158. The highest BCUT2D eigenvalue weighted by Crippen LogP contribution is 2.39. The first-order chi connectivity index (χ1) is 20.4. The maximum Gasteiger partial charge on any atom is 0.282 e. The molecule has 42 heavy (non-hydrogen) atoms. The molecule has 0 spiro atoms. The van der Waals surface area contributed by atoms with E-state index >= 15 is 0 Å². The molecule has 6 rings (SSSR count). The fourth-order valence-electron chi connectivity index (χ4n) is 4.49. The second-order valence-corrected chi connectivity index (χ2v) is 10.6. The number of methoxy groups -OCH3 is 2. The Labute approximate surface area is 253 Å². The van der Waals surface area contributed by atoms with Gasteiger partial charge < -0.3 is 18.6 Å². The number of ether oxygens (including phenoxy) is 3. The molecule has 4 aromatic carbocycles. The Hall–Kier alpha value is -4.60. The largest absolute Gasteiger partial charge is 0.493 e. The van der Waals surface area contributed by atoms with Gasteiger partial charge in [-0.1, -0.05) is 51.8 Å². The van der Waals surface area contributed by atoms with Crippen molar-refractivity contribution in [2.45, 2.75) is 6.61 Å². The number of benzene rings is 4. The standard InChI is InChI=1S/C32H23BrClN3O5/c1-39-27-13-20(14-28(40-2)30(27)41-18-19-7-9-22(33)10-8-19)17-35-37-31(36-25-6-4-3-5-24(25)32(37)38)29-16-21-15-23(34)11-12-26(21)42-29/h3-17H,18H2,1-2H3. The lowest BCUT2D eigenvalue weighted by Crippen LogP contribution is -2.20. The SMILES string of the molecule is COc1cc(C=Nn2c(-c3cc4cc(Cl)ccc4o3)nc3ccccc3c2=O)cc(OC)c1OCc1ccc(Br)cc1. The van der Waals surface area contributed by atoms with E-state index in [2.05, 4.69) is 21.0 Å². The van der Waals surface area contributed by atoms with Gasteiger partial charge in [-0.15, -0.1) is 0 Å². The maximum absolute atomic E-state index is 13.6. The van der Waals surface area contributed by atoms with E-state index < -0.39 is 0 Å². The van der Waals surface area contributed by atoms with Crippen LogP contribution in [0, 0.1) is 0 Å². The number of furan rings is 1. The Morgan fingerprint density at radius 2 is 1.71 bits per heavy atom. The molecule has 0 radical (unpaired) electrons. The van der Waals surface area contributed by atoms with Gasteiger partial charge in [0.05, 0.1) is 31.3 Å². The summed E-state index contributed by atoms with van der Waals surface area (Å²) in [7, 11) is 3.09. The Bertz CT molecular complexity index is 1990. The fourth-order valence-corrected chi connectivity index (χ4v) is 4.94. The second-order valence-electron chi connectivity index (χ2n) is 9.28. The minimum absolute atomic E-state index is 0.246. The summed E-state index contributed by atoms with van der Waals surface area (Å²) < 4.78 is 25.6. The summed E-state index contributed by atoms with van der Waals surface area (Å²) in [5.74, 6) is 1.97. The van der Waals surface area contributed by atoms with Crippen LogP contribution in [0.1, 0.15) is 11.1 Å². The molecule has 6 aromatic rings. The fraction of sp³-hybridized carbons (Fsp3) is 0.0938. The first-order valence-electron chi connectivity index (χ1n) is 12.8. The topological polar surface area (TPSA) is 88.1 Å². The van der Waals surface area contributed by atoms with Crippen LogP contribution in [0.5, 0.6) is 17.2 Å². The van der Waals surface area contributed by atoms with Gasteiger partial charge in [-0.25, -0.2) is 4.98 Å². The molecule has 210 valence electrons. The number of para-hydroxylation sites is 1. The van der Waals surface area contributed by atoms with Gasteiger partial charge in [0.1, 0.15) is 12.2 Å². The monoisotopic (exact) mass is 643 g/mol. The number of halogens is 2. The van der Waals surface area contributed by atoms with E-state index in [0.717, 1.165) is 15.4 Å². The van der Waals surface area contributed by atoms with Crippen LogP contribution in [-0.4, -0.2) is 30.1 Å². The summed E-state index contributed by atoms with van der Waals surface area (Å²) in [4.78, 5) is 18.4. The third kappa shape index (κ3) is 5.48. The highest BCUT2D eigenvalue weighted by Gasteiger charge is 2.18. The van der Waals surface area contributed by atoms with Gasteiger partial charge in [0.25, 0.3) is 5.56 Å². The maximum atomic E-state index is 13.6. The molecule has 0 aliphatic carbocycles. The van der Waals surface area contributed by atoms with Gasteiger partial charge in [-0.2, -0.15) is 9.78 Å². The second kappa shape index (κ2) is 11.7. The summed E-state index contributed by atoms with van der Waals surface area (Å²) in [6.45, 7) is 0.317. The first kappa shape index (κ1) is 27.6. The molecule has 2 heterocycles. The van der Waals surface area contributed by atoms with E-state index in [1.54, 1.807) is 68.8 Å². The Morgan fingerprint density at radius 1 is 0.976 bits per heavy atom. The van der Waals surface area contributed by atoms with Crippen molar-refractivity contribution in [2.24, 2.45) is 5.10 Å². The van der Waals surface area contributed by atoms with Crippen molar-refractivity contribution in [3.8, 4) is 28.8 Å². The number of nitrogens with zero attached hydrogens (tertiary/aromatic N) is 3. The van der Waals surface area contributed by atoms with Crippen LogP contribution in [0.4, 0.5) is 0 Å². The molecule has 0 bridgehead atoms. The van der Waals surface area contributed by atoms with E-state index in [1.807, 2.05) is 30.3 Å². The Morgan fingerprint density at radius 3 is 2.45 bits per heavy atom. The van der Waals surface area contributed by atoms with Gasteiger partial charge in [0.15, 0.2) is 17.3 Å². The van der Waals surface area contributed by atoms with Crippen molar-refractivity contribution in [1.82, 2.24) is 9.66 Å². The van der Waals surface area contributed by atoms with Crippen LogP contribution in [0.3, 0.4) is 0 Å². The smallest absolute Gasteiger partial charge is 0.282 e. The molecule has 0 aliphatic heterocycles. The van der Waals surface area contributed by atoms with Crippen molar-refractivity contribution < 1.29 is 18.6 Å². The predicted molar refractivity (Wildman–Crippen MR) is 167 cm³/mol. The van der Waals surface area contributed by atoms with Gasteiger partial charge in [0, 0.05) is 20.4 Å². The Kier molecular flexibility index (Phi) is 7.69. The predicted octanol–water partition coefficient (Wildman–Crippen LogP) is 7.70. The zero-order chi connectivity index (χ0) is 29.2. The first-order valence-corrected chi connectivity index (χ1v) is 14.0. The molecule has 2 aromatic heterocycles. The molecular formula is C32H23BrClN3O5. The molecule has 8 nitrogen and oxygen atoms in total. The summed E-state index contributed by atoms with van der Waals surface area (Å²) in [5, 5.41) is 6.32. The molecule has 0 N–H and O–H groups in total. The molecular weight excluding hydrogens is 622 g/mol. The van der Waals surface area contributed by atoms with Gasteiger partial charge in [-0.05, 0) is 66.2 Å². The molecule has 0 fully saturated rings. The van der Waals surface area contributed by atoms with Crippen molar-refractivity contribution in [1.29, 1.82) is 0 Å². The minimum Gasteiger partial charge on any atom is -0.493 e. The third-order valence-electron chi connectivity index (χ3n) is 6.55. The van der Waals surface area contributed by atoms with Crippen molar-refractivity contribution in [3.63, 3.8) is 0 Å². The zero-order valence-electron chi connectivity index (χ0n) is 22.5. The highest BCUT2D eigenvalue weighted by molar-refractivity contribution is 9.10. The van der Waals surface area contributed by atoms with Gasteiger partial charge >= 0.3 is 0 Å². The lowest BCUT2D eigenvalue weighted by atomic mass is 10.2. The lowest BCUT2D eigenvalue weighted by molar-refractivity contribution is 0.266. The number of hydrogen-bond acceptors (Lipinski definition) is 7. The van der Waals surface area contributed by atoms with E-state index in [4.69, 9.17) is 35.2 Å². The molecule has 0 aliphatic rings. The normalized spacial score (nSPS) is 11.4. The summed E-state index contributed by atoms with van der Waals surface area (Å²) in [5.41, 5.74) is 2.39. The molecule has 0 saturated heterocycles. The van der Waals surface area contributed by atoms with Crippen LogP contribution >= 0.6 is 27.5 Å². The molecule has 0 saturated carbocycles. The van der Waals surface area contributed by atoms with Crippen molar-refractivity contribution in [2.75, 3.05) is 14.2 Å². The minimum atomic E-state index is -0.348. The van der Waals surface area contributed by atoms with Crippen LogP contribution in [0.25, 0.3) is 33.5 Å². The number of rotatable bonds is 8. The van der Waals surface area contributed by atoms with E-state index in [0.29, 0.717) is 56.7 Å². The average Bonchev–Trinajstić information content (AvgIpc) is 3.43. The summed E-state index contributed by atoms with van der Waals surface area (Å²) >= 11 is 9.62. The van der Waals surface area contributed by atoms with Crippen LogP contribution in [0.15, 0.2) is 104 Å². The molecule has 0 unspecified atom stereocenters. The number of aromatic nitrogens is 2. The van der Waals surface area contributed by atoms with Crippen molar-refractivity contribution >= 4 is 55.6 Å². The molecule has 0 amide bonds. The molecule has 0 atom stereocenters. The lowest BCUT2D eigenvalue weighted by Gasteiger charge is -2.15. The van der Waals surface area contributed by atoms with E-state index in [9.17, 15) is 4.79 Å². The van der Waals surface area contributed by atoms with Crippen LogP contribution in [-0.2, 0) is 6.61 Å². The number of hydrogen-bond donors (Lipinski definition) is 0. The van der Waals surface area contributed by atoms with Crippen LogP contribution in [0.2, 0.25) is 5.02 Å². The van der Waals surface area contributed by atoms with E-state index in [-0.39, 0.29) is 11.4 Å². The third-order valence-corrected chi connectivity index (χ3v) is 7.32. The molecule has 10 heteroatoms. The average molecular weight is 645 g/mol. The van der Waals surface area contributed by atoms with Crippen molar-refractivity contribution in [3.05, 3.63) is 116 Å². The van der Waals surface area contributed by atoms with Gasteiger partial charge in [-0.3, -0.25) is 4.79 Å². The highest BCUT2D eigenvalue weighted by atomic mass is 79.9. The van der Waals surface area contributed by atoms with E-state index in [1.165, 1.54) is 10.9 Å². The van der Waals surface area contributed by atoms with Crippen LogP contribution < -0.4 is 19.8 Å². The van der Waals surface area contributed by atoms with Gasteiger partial charge in [0.2, 0.25) is 11.6 Å².